The van der Waals surface area contributed by atoms with Gasteiger partial charge in [-0.05, 0) is 17.7 Å². The highest BCUT2D eigenvalue weighted by atomic mass is 35.5. The minimum atomic E-state index is -0.777. The second-order valence-corrected chi connectivity index (χ2v) is 8.73. The Morgan fingerprint density at radius 2 is 1.92 bits per heavy atom. The van der Waals surface area contributed by atoms with E-state index in [4.69, 9.17) is 21.2 Å². The molecular formula is C25H21ClN6O4. The zero-order valence-electron chi connectivity index (χ0n) is 19.3. The third-order valence-electron chi connectivity index (χ3n) is 6.03. The van der Waals surface area contributed by atoms with Crippen LogP contribution >= 0.6 is 11.6 Å². The van der Waals surface area contributed by atoms with Gasteiger partial charge in [-0.25, -0.2) is 4.98 Å². The summed E-state index contributed by atoms with van der Waals surface area (Å²) in [4.78, 5) is 30.2. The Bertz CT molecular complexity index is 1590. The van der Waals surface area contributed by atoms with Crippen molar-refractivity contribution < 1.29 is 14.4 Å². The second-order valence-electron chi connectivity index (χ2n) is 8.32. The molecule has 0 aliphatic heterocycles. The number of rotatable bonds is 6. The molecule has 3 aromatic heterocycles. The summed E-state index contributed by atoms with van der Waals surface area (Å²) in [6, 6.07) is 14.6. The molecule has 182 valence electrons. The maximum absolute atomic E-state index is 12.9. The lowest BCUT2D eigenvalue weighted by Gasteiger charge is -2.27. The van der Waals surface area contributed by atoms with E-state index in [0.29, 0.717) is 5.02 Å². The largest absolute Gasteiger partial charge is 0.501 e. The van der Waals surface area contributed by atoms with Crippen LogP contribution in [0.4, 0.5) is 5.69 Å². The molecule has 3 heterocycles. The monoisotopic (exact) mass is 504 g/mol. The number of fused-ring (bicyclic) bond motifs is 1. The fourth-order valence-electron chi connectivity index (χ4n) is 4.25. The first-order valence-electron chi connectivity index (χ1n) is 11.0. The summed E-state index contributed by atoms with van der Waals surface area (Å²) < 4.78 is 7.73. The zero-order valence-corrected chi connectivity index (χ0v) is 20.0. The molecule has 0 saturated carbocycles. The molecule has 5 aromatic rings. The van der Waals surface area contributed by atoms with E-state index in [9.17, 15) is 14.7 Å². The quantitative estimate of drug-likeness (QED) is 0.356. The van der Waals surface area contributed by atoms with Crippen LogP contribution in [0.3, 0.4) is 0 Å². The van der Waals surface area contributed by atoms with Crippen molar-refractivity contribution >= 4 is 34.1 Å². The minimum absolute atomic E-state index is 0.258. The maximum Gasteiger partial charge on any atom is 0.296 e. The van der Waals surface area contributed by atoms with Crippen molar-refractivity contribution in [3.63, 3.8) is 0 Å². The fourth-order valence-corrected chi connectivity index (χ4v) is 4.50. The maximum atomic E-state index is 12.9. The number of aromatic nitrogens is 5. The summed E-state index contributed by atoms with van der Waals surface area (Å²) in [6.45, 7) is 1.86. The number of nitrogens with one attached hydrogen (secondary N) is 1. The van der Waals surface area contributed by atoms with Gasteiger partial charge < -0.3 is 14.9 Å². The highest BCUT2D eigenvalue weighted by Gasteiger charge is 2.31. The van der Waals surface area contributed by atoms with Crippen molar-refractivity contribution in [2.75, 3.05) is 5.32 Å². The van der Waals surface area contributed by atoms with Crippen molar-refractivity contribution in [2.45, 2.75) is 18.9 Å². The first-order valence-corrected chi connectivity index (χ1v) is 11.4. The summed E-state index contributed by atoms with van der Waals surface area (Å²) in [5.74, 6) is -1.78. The van der Waals surface area contributed by atoms with E-state index < -0.39 is 34.9 Å². The first-order chi connectivity index (χ1) is 17.3. The van der Waals surface area contributed by atoms with Crippen LogP contribution in [0.1, 0.15) is 40.8 Å². The molecule has 1 amide bonds. The Morgan fingerprint density at radius 3 is 2.64 bits per heavy atom. The Morgan fingerprint density at radius 1 is 1.17 bits per heavy atom. The van der Waals surface area contributed by atoms with Gasteiger partial charge in [-0.1, -0.05) is 60.1 Å². The fraction of sp³-hybridized carbons (Fsp3) is 0.160. The summed E-state index contributed by atoms with van der Waals surface area (Å²) in [5.41, 5.74) is 0.643. The lowest BCUT2D eigenvalue weighted by atomic mass is 9.93. The molecule has 0 radical (unpaired) electrons. The minimum Gasteiger partial charge on any atom is -0.501 e. The van der Waals surface area contributed by atoms with Crippen molar-refractivity contribution in [1.29, 1.82) is 0 Å². The molecule has 10 nitrogen and oxygen atoms in total. The molecule has 36 heavy (non-hydrogen) atoms. The number of carbonyl (C=O) groups is 1. The summed E-state index contributed by atoms with van der Waals surface area (Å²) >= 11 is 6.61. The van der Waals surface area contributed by atoms with E-state index >= 15 is 0 Å². The molecule has 0 aliphatic carbocycles. The normalized spacial score (nSPS) is 13.0. The average Bonchev–Trinajstić information content (AvgIpc) is 3.53. The molecule has 0 aliphatic rings. The number of hydrogen-bond acceptors (Lipinski definition) is 7. The average molecular weight is 505 g/mol. The molecule has 2 aromatic carbocycles. The Labute approximate surface area is 209 Å². The van der Waals surface area contributed by atoms with Crippen molar-refractivity contribution in [2.24, 2.45) is 7.05 Å². The molecule has 0 saturated heterocycles. The Hall–Kier alpha value is -4.44. The van der Waals surface area contributed by atoms with E-state index in [1.54, 1.807) is 10.7 Å². The lowest BCUT2D eigenvalue weighted by molar-refractivity contribution is 0.101. The highest BCUT2D eigenvalue weighted by Crippen LogP contribution is 2.37. The van der Waals surface area contributed by atoms with Gasteiger partial charge in [0.25, 0.3) is 11.5 Å². The first kappa shape index (κ1) is 23.3. The SMILES string of the molecule is C[C@H](c1nc(C(=O)Nc2cnoc2)c(O)c(=O)n1C)[C@@H](c1ccccc1Cl)n1cc2ccccc2n1. The van der Waals surface area contributed by atoms with Crippen LogP contribution in [0.25, 0.3) is 10.9 Å². The van der Waals surface area contributed by atoms with E-state index in [2.05, 4.69) is 15.5 Å². The van der Waals surface area contributed by atoms with Gasteiger partial charge in [0.1, 0.15) is 17.8 Å². The van der Waals surface area contributed by atoms with Crippen molar-refractivity contribution in [3.8, 4) is 5.75 Å². The molecular weight excluding hydrogens is 484 g/mol. The summed E-state index contributed by atoms with van der Waals surface area (Å²) in [6.07, 6.45) is 4.41. The van der Waals surface area contributed by atoms with E-state index in [1.807, 2.05) is 55.6 Å². The van der Waals surface area contributed by atoms with Gasteiger partial charge in [0.05, 0.1) is 17.8 Å². The second kappa shape index (κ2) is 9.31. The topological polar surface area (TPSA) is 128 Å². The van der Waals surface area contributed by atoms with Gasteiger partial charge in [-0.2, -0.15) is 5.10 Å². The standard InChI is InChI=1S/C25H21ClN6O4/c1-14(23-29-20(22(33)25(35)31(23)2)24(34)28-16-11-27-36-13-16)21(17-8-4-5-9-18(17)26)32-12-15-7-3-6-10-19(15)30-32/h3-14,21,33H,1-2H3,(H,28,34)/t14-,21-/m0/s1. The van der Waals surface area contributed by atoms with Gasteiger partial charge in [0, 0.05) is 29.6 Å². The van der Waals surface area contributed by atoms with Crippen LogP contribution in [0.5, 0.6) is 5.75 Å². The molecule has 5 rings (SSSR count). The van der Waals surface area contributed by atoms with E-state index in [1.165, 1.54) is 24.1 Å². The number of anilines is 1. The molecule has 0 fully saturated rings. The predicted octanol–water partition coefficient (Wildman–Crippen LogP) is 4.12. The molecule has 0 unspecified atom stereocenters. The van der Waals surface area contributed by atoms with Gasteiger partial charge in [-0.3, -0.25) is 18.8 Å². The molecule has 2 N–H and O–H groups in total. The summed E-state index contributed by atoms with van der Waals surface area (Å²) in [5, 5.41) is 22.7. The lowest BCUT2D eigenvalue weighted by Crippen LogP contribution is -2.30. The smallest absolute Gasteiger partial charge is 0.296 e. The van der Waals surface area contributed by atoms with Crippen LogP contribution in [0.2, 0.25) is 5.02 Å². The summed E-state index contributed by atoms with van der Waals surface area (Å²) in [7, 11) is 1.49. The zero-order chi connectivity index (χ0) is 25.4. The van der Waals surface area contributed by atoms with Crippen LogP contribution in [-0.4, -0.2) is 35.5 Å². The third-order valence-corrected chi connectivity index (χ3v) is 6.37. The number of benzene rings is 2. The Balaban J connectivity index is 1.65. The number of hydrogen-bond donors (Lipinski definition) is 2. The molecule has 0 bridgehead atoms. The number of amides is 1. The van der Waals surface area contributed by atoms with Gasteiger partial charge in [0.15, 0.2) is 5.69 Å². The van der Waals surface area contributed by atoms with Crippen molar-refractivity contribution in [3.05, 3.63) is 99.6 Å². The predicted molar refractivity (Wildman–Crippen MR) is 133 cm³/mol. The van der Waals surface area contributed by atoms with E-state index in [0.717, 1.165) is 16.5 Å². The Kier molecular flexibility index (Phi) is 6.03. The van der Waals surface area contributed by atoms with Crippen LogP contribution in [-0.2, 0) is 7.05 Å². The number of aromatic hydroxyl groups is 1. The number of halogens is 1. The van der Waals surface area contributed by atoms with Gasteiger partial charge >= 0.3 is 0 Å². The van der Waals surface area contributed by atoms with Crippen molar-refractivity contribution in [1.82, 2.24) is 24.5 Å². The molecule has 0 spiro atoms. The van der Waals surface area contributed by atoms with E-state index in [-0.39, 0.29) is 11.5 Å². The van der Waals surface area contributed by atoms with Gasteiger partial charge in [0.2, 0.25) is 5.75 Å². The molecule has 11 heteroatoms. The number of carbonyl (C=O) groups excluding carboxylic acids is 1. The molecule has 2 atom stereocenters. The highest BCUT2D eigenvalue weighted by molar-refractivity contribution is 6.31. The third kappa shape index (κ3) is 4.11. The number of nitrogens with zero attached hydrogens (tertiary/aromatic N) is 5. The van der Waals surface area contributed by atoms with Crippen LogP contribution in [0.15, 0.2) is 76.5 Å². The van der Waals surface area contributed by atoms with Gasteiger partial charge in [-0.15, -0.1) is 0 Å². The van der Waals surface area contributed by atoms with Crippen LogP contribution in [0, 0.1) is 0 Å². The van der Waals surface area contributed by atoms with Crippen LogP contribution < -0.4 is 10.9 Å².